The smallest absolute Gasteiger partial charge is 0.226 e. The Bertz CT molecular complexity index is 499. The van der Waals surface area contributed by atoms with Gasteiger partial charge in [0.05, 0.1) is 24.8 Å². The van der Waals surface area contributed by atoms with Crippen LogP contribution in [0.3, 0.4) is 0 Å². The second-order valence-corrected chi connectivity index (χ2v) is 4.23. The van der Waals surface area contributed by atoms with E-state index in [1.807, 2.05) is 41.9 Å². The number of hydrogen-bond donors (Lipinski definition) is 2. The van der Waals surface area contributed by atoms with E-state index in [9.17, 15) is 4.79 Å². The zero-order valence-corrected chi connectivity index (χ0v) is 10.3. The first-order valence-corrected chi connectivity index (χ1v) is 6.05. The zero-order chi connectivity index (χ0) is 13.0. The number of imidazole rings is 1. The van der Waals surface area contributed by atoms with Crippen LogP contribution in [0.1, 0.15) is 19.0 Å². The molecule has 2 aromatic heterocycles. The highest BCUT2D eigenvalue weighted by atomic mass is 16.3. The lowest BCUT2D eigenvalue weighted by atomic mass is 10.2. The summed E-state index contributed by atoms with van der Waals surface area (Å²) in [6.45, 7) is 1.89. The van der Waals surface area contributed by atoms with Crippen LogP contribution in [0.5, 0.6) is 0 Å². The Hall–Kier alpha value is -1.88. The Labute approximate surface area is 105 Å². The molecule has 0 aliphatic carbocycles. The van der Waals surface area contributed by atoms with Crippen molar-refractivity contribution in [1.29, 1.82) is 0 Å². The monoisotopic (exact) mass is 247 g/mol. The number of aromatic nitrogens is 2. The van der Waals surface area contributed by atoms with Gasteiger partial charge >= 0.3 is 0 Å². The van der Waals surface area contributed by atoms with Crippen molar-refractivity contribution >= 4 is 11.6 Å². The van der Waals surface area contributed by atoms with Crippen LogP contribution in [0.2, 0.25) is 0 Å². The van der Waals surface area contributed by atoms with E-state index in [1.54, 1.807) is 0 Å². The van der Waals surface area contributed by atoms with E-state index in [0.717, 1.165) is 11.3 Å². The minimum atomic E-state index is -0.172. The van der Waals surface area contributed by atoms with Crippen LogP contribution in [-0.2, 0) is 11.2 Å². The van der Waals surface area contributed by atoms with Crippen LogP contribution < -0.4 is 5.32 Å². The minimum absolute atomic E-state index is 0.0343. The van der Waals surface area contributed by atoms with Gasteiger partial charge in [0.2, 0.25) is 5.91 Å². The lowest BCUT2D eigenvalue weighted by Gasteiger charge is -2.13. The molecule has 1 amide bonds. The number of carbonyl (C=O) groups is 1. The first kappa shape index (κ1) is 12.6. The maximum absolute atomic E-state index is 11.7. The molecular formula is C13H17N3O2. The highest BCUT2D eigenvalue weighted by Gasteiger charge is 2.11. The number of aliphatic hydroxyl groups is 1. The molecule has 0 saturated heterocycles. The predicted octanol–water partition coefficient (Wildman–Crippen LogP) is 0.764. The minimum Gasteiger partial charge on any atom is -0.394 e. The molecular weight excluding hydrogens is 230 g/mol. The van der Waals surface area contributed by atoms with Crippen molar-refractivity contribution in [3.63, 3.8) is 0 Å². The number of fused-ring (bicyclic) bond motifs is 1. The molecule has 0 aliphatic rings. The van der Waals surface area contributed by atoms with E-state index in [0.29, 0.717) is 6.42 Å². The van der Waals surface area contributed by atoms with Gasteiger partial charge < -0.3 is 14.8 Å². The molecule has 2 N–H and O–H groups in total. The van der Waals surface area contributed by atoms with Crippen molar-refractivity contribution in [2.24, 2.45) is 0 Å². The van der Waals surface area contributed by atoms with E-state index in [-0.39, 0.29) is 25.0 Å². The van der Waals surface area contributed by atoms with Gasteiger partial charge in [0.1, 0.15) is 5.65 Å². The number of pyridine rings is 1. The summed E-state index contributed by atoms with van der Waals surface area (Å²) < 4.78 is 1.88. The Balaban J connectivity index is 2.02. The molecule has 1 unspecified atom stereocenters. The summed E-state index contributed by atoms with van der Waals surface area (Å²) in [5.41, 5.74) is 1.56. The highest BCUT2D eigenvalue weighted by Crippen LogP contribution is 2.05. The third kappa shape index (κ3) is 2.87. The van der Waals surface area contributed by atoms with Crippen LogP contribution in [0.25, 0.3) is 5.65 Å². The third-order valence-electron chi connectivity index (χ3n) is 2.83. The van der Waals surface area contributed by atoms with Crippen LogP contribution in [0, 0.1) is 0 Å². The SMILES string of the molecule is CCC(CO)NC(=O)Cc1cn2ccccc2n1. The predicted molar refractivity (Wildman–Crippen MR) is 68.2 cm³/mol. The molecule has 0 spiro atoms. The summed E-state index contributed by atoms with van der Waals surface area (Å²) in [5, 5.41) is 11.8. The van der Waals surface area contributed by atoms with E-state index in [2.05, 4.69) is 10.3 Å². The van der Waals surface area contributed by atoms with Gasteiger partial charge in [-0.25, -0.2) is 4.98 Å². The Morgan fingerprint density at radius 1 is 1.56 bits per heavy atom. The Kier molecular flexibility index (Phi) is 3.94. The summed E-state index contributed by atoms with van der Waals surface area (Å²) in [7, 11) is 0. The average molecular weight is 247 g/mol. The van der Waals surface area contributed by atoms with Gasteiger partial charge in [-0.15, -0.1) is 0 Å². The van der Waals surface area contributed by atoms with Crippen molar-refractivity contribution in [3.05, 3.63) is 36.3 Å². The average Bonchev–Trinajstić information content (AvgIpc) is 2.77. The quantitative estimate of drug-likeness (QED) is 0.820. The van der Waals surface area contributed by atoms with Gasteiger partial charge in [-0.05, 0) is 18.6 Å². The van der Waals surface area contributed by atoms with Crippen molar-refractivity contribution < 1.29 is 9.90 Å². The summed E-state index contributed by atoms with van der Waals surface area (Å²) in [4.78, 5) is 16.1. The lowest BCUT2D eigenvalue weighted by molar-refractivity contribution is -0.121. The lowest BCUT2D eigenvalue weighted by Crippen LogP contribution is -2.37. The van der Waals surface area contributed by atoms with Gasteiger partial charge in [-0.3, -0.25) is 4.79 Å². The molecule has 0 aliphatic heterocycles. The van der Waals surface area contributed by atoms with Crippen LogP contribution in [0.4, 0.5) is 0 Å². The molecule has 0 bridgehead atoms. The van der Waals surface area contributed by atoms with E-state index >= 15 is 0 Å². The van der Waals surface area contributed by atoms with Crippen LogP contribution >= 0.6 is 0 Å². The van der Waals surface area contributed by atoms with Gasteiger partial charge in [0, 0.05) is 12.4 Å². The number of nitrogens with zero attached hydrogens (tertiary/aromatic N) is 2. The fraction of sp³-hybridized carbons (Fsp3) is 0.385. The second-order valence-electron chi connectivity index (χ2n) is 4.23. The summed E-state index contributed by atoms with van der Waals surface area (Å²) >= 11 is 0. The molecule has 5 heteroatoms. The Morgan fingerprint density at radius 3 is 3.06 bits per heavy atom. The normalized spacial score (nSPS) is 12.6. The maximum atomic E-state index is 11.7. The van der Waals surface area contributed by atoms with Gasteiger partial charge in [-0.1, -0.05) is 13.0 Å². The van der Waals surface area contributed by atoms with E-state index in [1.165, 1.54) is 0 Å². The number of hydrogen-bond acceptors (Lipinski definition) is 3. The topological polar surface area (TPSA) is 66.6 Å². The highest BCUT2D eigenvalue weighted by molar-refractivity contribution is 5.78. The van der Waals surface area contributed by atoms with E-state index < -0.39 is 0 Å². The summed E-state index contributed by atoms with van der Waals surface area (Å²) in [6.07, 6.45) is 4.69. The number of aliphatic hydroxyl groups excluding tert-OH is 1. The van der Waals surface area contributed by atoms with Crippen molar-refractivity contribution in [3.8, 4) is 0 Å². The molecule has 0 radical (unpaired) electrons. The van der Waals surface area contributed by atoms with E-state index in [4.69, 9.17) is 5.11 Å². The molecule has 0 fully saturated rings. The fourth-order valence-electron chi connectivity index (χ4n) is 1.79. The molecule has 2 heterocycles. The molecule has 1 atom stereocenters. The molecule has 2 rings (SSSR count). The molecule has 0 aromatic carbocycles. The van der Waals surface area contributed by atoms with Gasteiger partial charge in [0.25, 0.3) is 0 Å². The first-order chi connectivity index (χ1) is 8.72. The largest absolute Gasteiger partial charge is 0.394 e. The number of carbonyl (C=O) groups excluding carboxylic acids is 1. The number of amides is 1. The zero-order valence-electron chi connectivity index (χ0n) is 10.3. The second kappa shape index (κ2) is 5.64. The van der Waals surface area contributed by atoms with Crippen molar-refractivity contribution in [2.75, 3.05) is 6.61 Å². The third-order valence-corrected chi connectivity index (χ3v) is 2.83. The molecule has 0 saturated carbocycles. The maximum Gasteiger partial charge on any atom is 0.226 e. The molecule has 2 aromatic rings. The van der Waals surface area contributed by atoms with Crippen LogP contribution in [0.15, 0.2) is 30.6 Å². The summed E-state index contributed by atoms with van der Waals surface area (Å²) in [5.74, 6) is -0.112. The number of nitrogens with one attached hydrogen (secondary N) is 1. The van der Waals surface area contributed by atoms with Gasteiger partial charge in [0.15, 0.2) is 0 Å². The Morgan fingerprint density at radius 2 is 2.39 bits per heavy atom. The first-order valence-electron chi connectivity index (χ1n) is 6.05. The van der Waals surface area contributed by atoms with Crippen molar-refractivity contribution in [1.82, 2.24) is 14.7 Å². The summed E-state index contributed by atoms with van der Waals surface area (Å²) in [6, 6.07) is 5.54. The van der Waals surface area contributed by atoms with Crippen molar-refractivity contribution in [2.45, 2.75) is 25.8 Å². The fourth-order valence-corrected chi connectivity index (χ4v) is 1.79. The molecule has 96 valence electrons. The molecule has 18 heavy (non-hydrogen) atoms. The standard InChI is InChI=1S/C13H17N3O2/c1-2-10(9-17)15-13(18)7-11-8-16-6-4-3-5-12(16)14-11/h3-6,8,10,17H,2,7,9H2,1H3,(H,15,18). The van der Waals surface area contributed by atoms with Crippen LogP contribution in [-0.4, -0.2) is 33.0 Å². The number of rotatable bonds is 5. The molecule has 5 nitrogen and oxygen atoms in total. The van der Waals surface area contributed by atoms with Gasteiger partial charge in [-0.2, -0.15) is 0 Å².